The summed E-state index contributed by atoms with van der Waals surface area (Å²) in [5, 5.41) is 22.2. The lowest BCUT2D eigenvalue weighted by Crippen LogP contribution is -1.98. The Balaban J connectivity index is 2.33. The van der Waals surface area contributed by atoms with Crippen LogP contribution in [0.1, 0.15) is 11.1 Å². The Morgan fingerprint density at radius 3 is 2.65 bits per heavy atom. The largest absolute Gasteiger partial charge is 0.872 e. The van der Waals surface area contributed by atoms with Crippen molar-refractivity contribution >= 4 is 17.6 Å². The number of rotatable bonds is 3. The van der Waals surface area contributed by atoms with Gasteiger partial charge in [-0.05, 0) is 30.2 Å². The van der Waals surface area contributed by atoms with Gasteiger partial charge in [-0.25, -0.2) is 4.39 Å². The van der Waals surface area contributed by atoms with Crippen molar-refractivity contribution in [3.63, 3.8) is 0 Å². The summed E-state index contributed by atoms with van der Waals surface area (Å²) in [6.07, 6.45) is 1.19. The van der Waals surface area contributed by atoms with Gasteiger partial charge in [-0.15, -0.1) is 0 Å². The highest BCUT2D eigenvalue weighted by atomic mass is 19.1. The average molecular weight is 273 g/mol. The number of nitrogens with zero attached hydrogens (tertiary/aromatic N) is 2. The Morgan fingerprint density at radius 2 is 2.00 bits per heavy atom. The van der Waals surface area contributed by atoms with Gasteiger partial charge in [0.2, 0.25) is 0 Å². The lowest BCUT2D eigenvalue weighted by molar-refractivity contribution is -0.385. The number of nitro groups is 1. The van der Waals surface area contributed by atoms with Crippen LogP contribution in [-0.2, 0) is 0 Å². The van der Waals surface area contributed by atoms with E-state index in [0.717, 1.165) is 18.2 Å². The molecule has 0 unspecified atom stereocenters. The molecule has 2 aromatic carbocycles. The first-order chi connectivity index (χ1) is 9.47. The van der Waals surface area contributed by atoms with Crippen LogP contribution in [0.15, 0.2) is 41.4 Å². The summed E-state index contributed by atoms with van der Waals surface area (Å²) in [5.74, 6) is -0.784. The molecule has 0 aliphatic heterocycles. The number of nitro benzene ring substituents is 1. The molecule has 102 valence electrons. The number of hydrogen-bond donors (Lipinski definition) is 0. The lowest BCUT2D eigenvalue weighted by Gasteiger charge is -2.08. The molecule has 5 nitrogen and oxygen atoms in total. The monoisotopic (exact) mass is 273 g/mol. The number of halogens is 1. The highest BCUT2D eigenvalue weighted by Crippen LogP contribution is 2.21. The Bertz CT molecular complexity index is 699. The molecule has 0 saturated carbocycles. The average Bonchev–Trinajstić information content (AvgIpc) is 2.41. The molecule has 2 rings (SSSR count). The molecule has 0 N–H and O–H groups in total. The Morgan fingerprint density at radius 1 is 1.25 bits per heavy atom. The molecule has 2 aromatic rings. The summed E-state index contributed by atoms with van der Waals surface area (Å²) in [6.45, 7) is 1.62. The fraction of sp³-hybridized carbons (Fsp3) is 0.0714. The van der Waals surface area contributed by atoms with Crippen LogP contribution in [0.3, 0.4) is 0 Å². The number of benzene rings is 2. The molecular formula is C14H10FN2O3-. The lowest BCUT2D eigenvalue weighted by atomic mass is 10.2. The minimum Gasteiger partial charge on any atom is -0.872 e. The molecule has 6 heteroatoms. The zero-order valence-electron chi connectivity index (χ0n) is 10.5. The van der Waals surface area contributed by atoms with Crippen LogP contribution in [0.25, 0.3) is 0 Å². The number of hydrogen-bond acceptors (Lipinski definition) is 4. The quantitative estimate of drug-likeness (QED) is 0.490. The van der Waals surface area contributed by atoms with E-state index in [0.29, 0.717) is 11.3 Å². The van der Waals surface area contributed by atoms with Gasteiger partial charge in [0.1, 0.15) is 5.82 Å². The molecule has 0 radical (unpaired) electrons. The van der Waals surface area contributed by atoms with Gasteiger partial charge in [-0.1, -0.05) is 17.9 Å². The van der Waals surface area contributed by atoms with Crippen molar-refractivity contribution in [2.75, 3.05) is 0 Å². The van der Waals surface area contributed by atoms with Gasteiger partial charge in [-0.2, -0.15) is 0 Å². The van der Waals surface area contributed by atoms with Gasteiger partial charge in [-0.3, -0.25) is 15.1 Å². The molecule has 0 aliphatic rings. The predicted molar refractivity (Wildman–Crippen MR) is 70.9 cm³/mol. The van der Waals surface area contributed by atoms with Gasteiger partial charge >= 0.3 is 0 Å². The number of non-ortho nitro benzene ring substituents is 1. The summed E-state index contributed by atoms with van der Waals surface area (Å²) >= 11 is 0. The smallest absolute Gasteiger partial charge is 0.270 e. The van der Waals surface area contributed by atoms with E-state index in [1.807, 2.05) is 0 Å². The summed E-state index contributed by atoms with van der Waals surface area (Å²) in [6, 6.07) is 7.76. The molecule has 0 aliphatic carbocycles. The Hall–Kier alpha value is -2.76. The minimum absolute atomic E-state index is 0.0835. The van der Waals surface area contributed by atoms with Gasteiger partial charge in [0.05, 0.1) is 10.6 Å². The highest BCUT2D eigenvalue weighted by Gasteiger charge is 2.05. The van der Waals surface area contributed by atoms with Gasteiger partial charge < -0.3 is 5.11 Å². The van der Waals surface area contributed by atoms with E-state index in [-0.39, 0.29) is 17.0 Å². The van der Waals surface area contributed by atoms with Gasteiger partial charge in [0.25, 0.3) is 5.69 Å². The highest BCUT2D eigenvalue weighted by molar-refractivity contribution is 5.86. The van der Waals surface area contributed by atoms with Crippen LogP contribution in [0, 0.1) is 22.9 Å². The van der Waals surface area contributed by atoms with E-state index in [4.69, 9.17) is 0 Å². The third-order valence-corrected chi connectivity index (χ3v) is 2.71. The van der Waals surface area contributed by atoms with Crippen LogP contribution in [0.5, 0.6) is 5.75 Å². The molecule has 20 heavy (non-hydrogen) atoms. The van der Waals surface area contributed by atoms with Crippen molar-refractivity contribution in [3.8, 4) is 5.75 Å². The van der Waals surface area contributed by atoms with Crippen LogP contribution in [-0.4, -0.2) is 11.1 Å². The topological polar surface area (TPSA) is 78.6 Å². The summed E-state index contributed by atoms with van der Waals surface area (Å²) in [5.41, 5.74) is 0.712. The Kier molecular flexibility index (Phi) is 3.74. The first kappa shape index (κ1) is 13.7. The van der Waals surface area contributed by atoms with Gasteiger partial charge in [0, 0.05) is 18.3 Å². The van der Waals surface area contributed by atoms with Crippen LogP contribution in [0.4, 0.5) is 15.8 Å². The number of aliphatic imine (C=N–C) groups is 1. The van der Waals surface area contributed by atoms with Crippen LogP contribution >= 0.6 is 0 Å². The van der Waals surface area contributed by atoms with Gasteiger partial charge in [0.15, 0.2) is 0 Å². The maximum atomic E-state index is 13.3. The second-order valence-corrected chi connectivity index (χ2v) is 4.17. The fourth-order valence-electron chi connectivity index (χ4n) is 1.56. The molecule has 0 amide bonds. The van der Waals surface area contributed by atoms with E-state index in [1.165, 1.54) is 12.3 Å². The molecule has 0 atom stereocenters. The number of aryl methyl sites for hydroxylation is 1. The maximum Gasteiger partial charge on any atom is 0.270 e. The predicted octanol–water partition coefficient (Wildman–Crippen LogP) is 2.87. The standard InChI is InChI=1S/C14H11FN2O3/c1-9-2-3-11(7-13(9)15)16-8-10-6-12(17(19)20)4-5-14(10)18/h2-8,18H,1H3/p-1. The van der Waals surface area contributed by atoms with E-state index >= 15 is 0 Å². The molecule has 0 bridgehead atoms. The van der Waals surface area contributed by atoms with Crippen molar-refractivity contribution in [3.05, 3.63) is 63.5 Å². The van der Waals surface area contributed by atoms with E-state index < -0.39 is 10.7 Å². The van der Waals surface area contributed by atoms with Crippen molar-refractivity contribution in [2.45, 2.75) is 6.92 Å². The fourth-order valence-corrected chi connectivity index (χ4v) is 1.56. The molecule has 0 aromatic heterocycles. The maximum absolute atomic E-state index is 13.3. The van der Waals surface area contributed by atoms with Crippen LogP contribution in [0.2, 0.25) is 0 Å². The molecule has 0 heterocycles. The van der Waals surface area contributed by atoms with E-state index in [9.17, 15) is 19.6 Å². The SMILES string of the molecule is Cc1ccc(N=Cc2cc([N+](=O)[O-])ccc2[O-])cc1F. The molecule has 0 saturated heterocycles. The first-order valence-electron chi connectivity index (χ1n) is 5.73. The second-order valence-electron chi connectivity index (χ2n) is 4.17. The van der Waals surface area contributed by atoms with E-state index in [2.05, 4.69) is 4.99 Å². The minimum atomic E-state index is -0.595. The zero-order chi connectivity index (χ0) is 14.7. The summed E-state index contributed by atoms with van der Waals surface area (Å²) < 4.78 is 13.3. The summed E-state index contributed by atoms with van der Waals surface area (Å²) in [7, 11) is 0. The molecule has 0 fully saturated rings. The third-order valence-electron chi connectivity index (χ3n) is 2.71. The zero-order valence-corrected chi connectivity index (χ0v) is 10.5. The van der Waals surface area contributed by atoms with E-state index in [1.54, 1.807) is 19.1 Å². The van der Waals surface area contributed by atoms with Crippen LogP contribution < -0.4 is 5.11 Å². The Labute approximate surface area is 114 Å². The molecular weight excluding hydrogens is 263 g/mol. The third kappa shape index (κ3) is 2.97. The van der Waals surface area contributed by atoms with Crippen molar-refractivity contribution in [1.82, 2.24) is 0 Å². The normalized spacial score (nSPS) is 10.9. The summed E-state index contributed by atoms with van der Waals surface area (Å²) in [4.78, 5) is 14.0. The van der Waals surface area contributed by atoms with Crippen molar-refractivity contribution < 1.29 is 14.4 Å². The molecule has 0 spiro atoms. The van der Waals surface area contributed by atoms with Crippen molar-refractivity contribution in [2.24, 2.45) is 4.99 Å². The first-order valence-corrected chi connectivity index (χ1v) is 5.73. The van der Waals surface area contributed by atoms with Crippen molar-refractivity contribution in [1.29, 1.82) is 0 Å². The second kappa shape index (κ2) is 5.48.